The Balaban J connectivity index is 3.05. The van der Waals surface area contributed by atoms with Gasteiger partial charge in [-0.05, 0) is 42.9 Å². The van der Waals surface area contributed by atoms with Gasteiger partial charge >= 0.3 is 0 Å². The van der Waals surface area contributed by atoms with Crippen molar-refractivity contribution in [3.63, 3.8) is 0 Å². The Kier molecular flexibility index (Phi) is 7.00. The molecule has 0 saturated heterocycles. The number of hydrogen-bond donors (Lipinski definition) is 0. The molecule has 0 N–H and O–H groups in total. The molecule has 0 radical (unpaired) electrons. The lowest BCUT2D eigenvalue weighted by Crippen LogP contribution is -2.00. The summed E-state index contributed by atoms with van der Waals surface area (Å²) in [5, 5.41) is 0. The molecule has 0 aromatic heterocycles. The maximum absolute atomic E-state index is 5.39. The minimum absolute atomic E-state index is 0.497. The average Bonchev–Trinajstić information content (AvgIpc) is 2.44. The molecular formula is C16H23BrO2. The lowest BCUT2D eigenvalue weighted by molar-refractivity contribution is 0.354. The third kappa shape index (κ3) is 4.27. The van der Waals surface area contributed by atoms with Crippen LogP contribution in [0.5, 0.6) is 11.5 Å². The Hall–Kier alpha value is -0.960. The lowest BCUT2D eigenvalue weighted by atomic mass is 9.92. The van der Waals surface area contributed by atoms with Gasteiger partial charge in [-0.1, -0.05) is 41.9 Å². The number of benzene rings is 1. The highest BCUT2D eigenvalue weighted by Gasteiger charge is 2.15. The molecule has 3 heteroatoms. The van der Waals surface area contributed by atoms with Gasteiger partial charge in [-0.15, -0.1) is 0 Å². The molecule has 0 bridgehead atoms. The van der Waals surface area contributed by atoms with E-state index in [1.54, 1.807) is 14.2 Å². The molecule has 0 amide bonds. The van der Waals surface area contributed by atoms with E-state index >= 15 is 0 Å². The van der Waals surface area contributed by atoms with Crippen molar-refractivity contribution in [2.45, 2.75) is 39.0 Å². The molecule has 1 atom stereocenters. The van der Waals surface area contributed by atoms with Gasteiger partial charge in [0.15, 0.2) is 11.5 Å². The molecule has 0 spiro atoms. The van der Waals surface area contributed by atoms with Crippen LogP contribution >= 0.6 is 15.9 Å². The summed E-state index contributed by atoms with van der Waals surface area (Å²) in [7, 11) is 3.33. The van der Waals surface area contributed by atoms with Gasteiger partial charge in [0.2, 0.25) is 0 Å². The van der Waals surface area contributed by atoms with E-state index in [1.165, 1.54) is 5.56 Å². The first-order valence-electron chi connectivity index (χ1n) is 6.74. The van der Waals surface area contributed by atoms with Crippen molar-refractivity contribution in [3.05, 3.63) is 34.3 Å². The fourth-order valence-electron chi connectivity index (χ4n) is 2.12. The predicted molar refractivity (Wildman–Crippen MR) is 84.3 cm³/mol. The minimum atomic E-state index is 0.497. The summed E-state index contributed by atoms with van der Waals surface area (Å²) >= 11 is 3.64. The first-order valence-corrected chi connectivity index (χ1v) is 7.53. The molecule has 1 aromatic rings. The van der Waals surface area contributed by atoms with Crippen molar-refractivity contribution in [2.24, 2.45) is 0 Å². The number of rotatable bonds is 7. The standard InChI is InChI=1S/C16H23BrO2/c1-5-7-8-9-12(6-2)13-10-15(18-3)16(19-4)11-14(13)17/h7-8,10-12H,5-6,9H2,1-4H3/b8-7-. The van der Waals surface area contributed by atoms with Gasteiger partial charge in [-0.2, -0.15) is 0 Å². The number of halogens is 1. The van der Waals surface area contributed by atoms with E-state index in [-0.39, 0.29) is 0 Å². The monoisotopic (exact) mass is 326 g/mol. The van der Waals surface area contributed by atoms with Crippen LogP contribution in [0.1, 0.15) is 44.6 Å². The maximum atomic E-state index is 5.39. The van der Waals surface area contributed by atoms with Crippen molar-refractivity contribution in [3.8, 4) is 11.5 Å². The topological polar surface area (TPSA) is 18.5 Å². The van der Waals surface area contributed by atoms with Crippen molar-refractivity contribution in [1.82, 2.24) is 0 Å². The van der Waals surface area contributed by atoms with Crippen LogP contribution in [0.4, 0.5) is 0 Å². The van der Waals surface area contributed by atoms with Gasteiger partial charge in [0.25, 0.3) is 0 Å². The van der Waals surface area contributed by atoms with Gasteiger partial charge in [-0.3, -0.25) is 0 Å². The van der Waals surface area contributed by atoms with E-state index in [1.807, 2.05) is 6.07 Å². The maximum Gasteiger partial charge on any atom is 0.161 e. The first kappa shape index (κ1) is 16.1. The highest BCUT2D eigenvalue weighted by atomic mass is 79.9. The quantitative estimate of drug-likeness (QED) is 0.631. The predicted octanol–water partition coefficient (Wildman–Crippen LogP) is 5.32. The summed E-state index contributed by atoms with van der Waals surface area (Å²) in [4.78, 5) is 0. The number of hydrogen-bond acceptors (Lipinski definition) is 2. The van der Waals surface area contributed by atoms with Crippen LogP contribution in [0, 0.1) is 0 Å². The lowest BCUT2D eigenvalue weighted by Gasteiger charge is -2.18. The zero-order valence-corrected chi connectivity index (χ0v) is 13.8. The second kappa shape index (κ2) is 8.26. The SMILES string of the molecule is CC/C=C\CC(CC)c1cc(OC)c(OC)cc1Br. The van der Waals surface area contributed by atoms with Crippen molar-refractivity contribution in [2.75, 3.05) is 14.2 Å². The largest absolute Gasteiger partial charge is 0.493 e. The van der Waals surface area contributed by atoms with Gasteiger partial charge in [-0.25, -0.2) is 0 Å². The third-order valence-corrected chi connectivity index (χ3v) is 3.95. The molecule has 1 aromatic carbocycles. The smallest absolute Gasteiger partial charge is 0.161 e. The van der Waals surface area contributed by atoms with Crippen LogP contribution in [0.25, 0.3) is 0 Å². The highest BCUT2D eigenvalue weighted by Crippen LogP contribution is 2.38. The molecular weight excluding hydrogens is 304 g/mol. The third-order valence-electron chi connectivity index (χ3n) is 3.26. The molecule has 1 unspecified atom stereocenters. The van der Waals surface area contributed by atoms with Crippen LogP contribution < -0.4 is 9.47 Å². The second-order valence-electron chi connectivity index (χ2n) is 4.45. The summed E-state index contributed by atoms with van der Waals surface area (Å²) in [6.45, 7) is 4.37. The number of methoxy groups -OCH3 is 2. The van der Waals surface area contributed by atoms with Crippen molar-refractivity contribution < 1.29 is 9.47 Å². The molecule has 0 aliphatic carbocycles. The van der Waals surface area contributed by atoms with Gasteiger partial charge in [0, 0.05) is 4.47 Å². The van der Waals surface area contributed by atoms with Gasteiger partial charge in [0.05, 0.1) is 14.2 Å². The van der Waals surface area contributed by atoms with E-state index in [0.717, 1.165) is 35.2 Å². The molecule has 2 nitrogen and oxygen atoms in total. The summed E-state index contributed by atoms with van der Waals surface area (Å²) < 4.78 is 11.8. The average molecular weight is 327 g/mol. The van der Waals surface area contributed by atoms with E-state index in [9.17, 15) is 0 Å². The molecule has 1 rings (SSSR count). The van der Waals surface area contributed by atoms with Crippen LogP contribution in [-0.4, -0.2) is 14.2 Å². The summed E-state index contributed by atoms with van der Waals surface area (Å²) in [6, 6.07) is 4.07. The summed E-state index contributed by atoms with van der Waals surface area (Å²) in [5.74, 6) is 2.05. The molecule has 0 fully saturated rings. The van der Waals surface area contributed by atoms with Crippen LogP contribution in [0.2, 0.25) is 0 Å². The van der Waals surface area contributed by atoms with Gasteiger partial charge in [0.1, 0.15) is 0 Å². The van der Waals surface area contributed by atoms with Gasteiger partial charge < -0.3 is 9.47 Å². The van der Waals surface area contributed by atoms with Crippen LogP contribution in [0.15, 0.2) is 28.8 Å². The molecule has 19 heavy (non-hydrogen) atoms. The van der Waals surface area contributed by atoms with Crippen LogP contribution in [-0.2, 0) is 0 Å². The fraction of sp³-hybridized carbons (Fsp3) is 0.500. The summed E-state index contributed by atoms with van der Waals surface area (Å²) in [6.07, 6.45) is 7.72. The zero-order chi connectivity index (χ0) is 14.3. The van der Waals surface area contributed by atoms with E-state index in [2.05, 4.69) is 48.0 Å². The fourth-order valence-corrected chi connectivity index (χ4v) is 2.77. The van der Waals surface area contributed by atoms with Crippen molar-refractivity contribution in [1.29, 1.82) is 0 Å². The molecule has 106 valence electrons. The Labute approximate surface area is 124 Å². The first-order chi connectivity index (χ1) is 9.17. The number of allylic oxidation sites excluding steroid dienone is 2. The van der Waals surface area contributed by atoms with Crippen LogP contribution in [0.3, 0.4) is 0 Å². The Morgan fingerprint density at radius 3 is 2.26 bits per heavy atom. The Morgan fingerprint density at radius 2 is 1.74 bits per heavy atom. The number of ether oxygens (including phenoxy) is 2. The highest BCUT2D eigenvalue weighted by molar-refractivity contribution is 9.10. The normalized spacial score (nSPS) is 12.7. The molecule has 0 aliphatic heterocycles. The van der Waals surface area contributed by atoms with E-state index < -0.39 is 0 Å². The minimum Gasteiger partial charge on any atom is -0.493 e. The molecule has 0 saturated carbocycles. The molecule has 0 aliphatic rings. The van der Waals surface area contributed by atoms with E-state index in [0.29, 0.717) is 5.92 Å². The summed E-state index contributed by atoms with van der Waals surface area (Å²) in [5.41, 5.74) is 1.28. The molecule has 0 heterocycles. The van der Waals surface area contributed by atoms with E-state index in [4.69, 9.17) is 9.47 Å². The second-order valence-corrected chi connectivity index (χ2v) is 5.30. The van der Waals surface area contributed by atoms with Crippen molar-refractivity contribution >= 4 is 15.9 Å². The Bertz CT molecular complexity index is 427. The Morgan fingerprint density at radius 1 is 1.11 bits per heavy atom. The zero-order valence-electron chi connectivity index (χ0n) is 12.2.